The predicted molar refractivity (Wildman–Crippen MR) is 132 cm³/mol. The standard InChI is InChI=1S/C28H26N2O3/c1-3-32-27-17-21(18-29-30-28(31)23-14-11-20(2)12-15-23)13-16-26(27)33-19-24-9-6-8-22-7-4-5-10-25(22)24/h4-18H,3,19H2,1-2H3,(H,30,31)/b29-18-. The summed E-state index contributed by atoms with van der Waals surface area (Å²) in [4.78, 5) is 12.2. The normalized spacial score (nSPS) is 11.0. The van der Waals surface area contributed by atoms with Crippen LogP contribution in [-0.4, -0.2) is 18.7 Å². The molecule has 5 heteroatoms. The van der Waals surface area contributed by atoms with E-state index in [4.69, 9.17) is 9.47 Å². The van der Waals surface area contributed by atoms with E-state index in [-0.39, 0.29) is 5.91 Å². The minimum Gasteiger partial charge on any atom is -0.490 e. The number of nitrogens with one attached hydrogen (secondary N) is 1. The molecule has 0 bridgehead atoms. The second-order valence-corrected chi connectivity index (χ2v) is 7.63. The topological polar surface area (TPSA) is 59.9 Å². The third kappa shape index (κ3) is 5.57. The molecular weight excluding hydrogens is 412 g/mol. The zero-order chi connectivity index (χ0) is 23.0. The Kier molecular flexibility index (Phi) is 7.00. The van der Waals surface area contributed by atoms with Gasteiger partial charge in [0.15, 0.2) is 11.5 Å². The van der Waals surface area contributed by atoms with E-state index in [1.54, 1.807) is 18.3 Å². The highest BCUT2D eigenvalue weighted by atomic mass is 16.5. The molecule has 0 atom stereocenters. The van der Waals surface area contributed by atoms with Gasteiger partial charge in [-0.05, 0) is 66.1 Å². The Bertz CT molecular complexity index is 1270. The highest BCUT2D eigenvalue weighted by Gasteiger charge is 2.08. The minimum atomic E-state index is -0.258. The molecule has 0 aliphatic heterocycles. The molecule has 0 aliphatic rings. The van der Waals surface area contributed by atoms with Gasteiger partial charge < -0.3 is 9.47 Å². The van der Waals surface area contributed by atoms with Gasteiger partial charge in [0, 0.05) is 5.56 Å². The average molecular weight is 439 g/mol. The molecule has 4 aromatic rings. The molecule has 0 fully saturated rings. The molecule has 4 rings (SSSR count). The Balaban J connectivity index is 1.45. The Labute approximate surface area is 193 Å². The van der Waals surface area contributed by atoms with Crippen molar-refractivity contribution in [3.8, 4) is 11.5 Å². The monoisotopic (exact) mass is 438 g/mol. The molecule has 0 unspecified atom stereocenters. The summed E-state index contributed by atoms with van der Waals surface area (Å²) >= 11 is 0. The van der Waals surface area contributed by atoms with Crippen LogP contribution in [-0.2, 0) is 6.61 Å². The fourth-order valence-corrected chi connectivity index (χ4v) is 3.50. The van der Waals surface area contributed by atoms with E-state index >= 15 is 0 Å². The number of hydrogen-bond donors (Lipinski definition) is 1. The lowest BCUT2D eigenvalue weighted by Crippen LogP contribution is -2.17. The lowest BCUT2D eigenvalue weighted by atomic mass is 10.1. The van der Waals surface area contributed by atoms with Crippen molar-refractivity contribution in [2.45, 2.75) is 20.5 Å². The third-order valence-corrected chi connectivity index (χ3v) is 5.22. The largest absolute Gasteiger partial charge is 0.490 e. The number of carbonyl (C=O) groups excluding carboxylic acids is 1. The number of amides is 1. The third-order valence-electron chi connectivity index (χ3n) is 5.22. The van der Waals surface area contributed by atoms with E-state index in [0.717, 1.165) is 16.7 Å². The van der Waals surface area contributed by atoms with Crippen LogP contribution in [0.4, 0.5) is 0 Å². The molecule has 0 spiro atoms. The molecule has 1 N–H and O–H groups in total. The number of ether oxygens (including phenoxy) is 2. The Morgan fingerprint density at radius 2 is 1.70 bits per heavy atom. The maximum absolute atomic E-state index is 12.2. The van der Waals surface area contributed by atoms with Crippen LogP contribution >= 0.6 is 0 Å². The van der Waals surface area contributed by atoms with Crippen molar-refractivity contribution < 1.29 is 14.3 Å². The summed E-state index contributed by atoms with van der Waals surface area (Å²) in [5.41, 5.74) is 6.12. The van der Waals surface area contributed by atoms with Crippen LogP contribution < -0.4 is 14.9 Å². The lowest BCUT2D eigenvalue weighted by molar-refractivity contribution is 0.0955. The number of nitrogens with zero attached hydrogens (tertiary/aromatic N) is 1. The van der Waals surface area contributed by atoms with E-state index in [2.05, 4.69) is 34.8 Å². The molecule has 0 aliphatic carbocycles. The molecule has 1 amide bonds. The first-order valence-electron chi connectivity index (χ1n) is 10.9. The van der Waals surface area contributed by atoms with Gasteiger partial charge in [0.2, 0.25) is 0 Å². The van der Waals surface area contributed by atoms with Crippen LogP contribution in [0.1, 0.15) is 34.0 Å². The molecule has 5 nitrogen and oxygen atoms in total. The van der Waals surface area contributed by atoms with Crippen molar-refractivity contribution in [3.63, 3.8) is 0 Å². The second-order valence-electron chi connectivity index (χ2n) is 7.63. The van der Waals surface area contributed by atoms with Gasteiger partial charge in [-0.25, -0.2) is 5.43 Å². The molecule has 0 saturated heterocycles. The smallest absolute Gasteiger partial charge is 0.271 e. The van der Waals surface area contributed by atoms with Crippen molar-refractivity contribution in [2.75, 3.05) is 6.61 Å². The van der Waals surface area contributed by atoms with Gasteiger partial charge in [0.05, 0.1) is 12.8 Å². The second kappa shape index (κ2) is 10.5. The van der Waals surface area contributed by atoms with Gasteiger partial charge in [-0.15, -0.1) is 0 Å². The number of aryl methyl sites for hydroxylation is 1. The number of rotatable bonds is 8. The molecule has 0 aromatic heterocycles. The molecule has 33 heavy (non-hydrogen) atoms. The SMILES string of the molecule is CCOc1cc(/C=N\NC(=O)c2ccc(C)cc2)ccc1OCc1cccc2ccccc12. The quantitative estimate of drug-likeness (QED) is 0.276. The van der Waals surface area contributed by atoms with Gasteiger partial charge in [0.25, 0.3) is 5.91 Å². The maximum Gasteiger partial charge on any atom is 0.271 e. The van der Waals surface area contributed by atoms with Crippen molar-refractivity contribution in [1.82, 2.24) is 5.43 Å². The first kappa shape index (κ1) is 22.1. The van der Waals surface area contributed by atoms with Crippen LogP contribution in [0.15, 0.2) is 90.0 Å². The van der Waals surface area contributed by atoms with E-state index in [0.29, 0.717) is 30.3 Å². The van der Waals surface area contributed by atoms with Gasteiger partial charge in [-0.1, -0.05) is 60.2 Å². The fourth-order valence-electron chi connectivity index (χ4n) is 3.50. The summed E-state index contributed by atoms with van der Waals surface area (Å²) in [7, 11) is 0. The first-order chi connectivity index (χ1) is 16.1. The van der Waals surface area contributed by atoms with Crippen LogP contribution in [0.25, 0.3) is 10.8 Å². The summed E-state index contributed by atoms with van der Waals surface area (Å²) in [6, 6.07) is 27.4. The molecule has 4 aromatic carbocycles. The van der Waals surface area contributed by atoms with Crippen LogP contribution in [0.5, 0.6) is 11.5 Å². The zero-order valence-corrected chi connectivity index (χ0v) is 18.7. The van der Waals surface area contributed by atoms with Crippen LogP contribution in [0, 0.1) is 6.92 Å². The van der Waals surface area contributed by atoms with Crippen molar-refractivity contribution >= 4 is 22.9 Å². The summed E-state index contributed by atoms with van der Waals surface area (Å²) in [5.74, 6) is 1.03. The summed E-state index contributed by atoms with van der Waals surface area (Å²) in [5, 5.41) is 6.43. The number of hydrogen-bond acceptors (Lipinski definition) is 4. The highest BCUT2D eigenvalue weighted by Crippen LogP contribution is 2.30. The molecule has 0 heterocycles. The van der Waals surface area contributed by atoms with E-state index in [9.17, 15) is 4.79 Å². The van der Waals surface area contributed by atoms with Gasteiger partial charge in [-0.2, -0.15) is 5.10 Å². The van der Waals surface area contributed by atoms with Crippen molar-refractivity contribution in [1.29, 1.82) is 0 Å². The van der Waals surface area contributed by atoms with E-state index < -0.39 is 0 Å². The molecule has 166 valence electrons. The number of fused-ring (bicyclic) bond motifs is 1. The average Bonchev–Trinajstić information content (AvgIpc) is 2.84. The Hall–Kier alpha value is -4.12. The highest BCUT2D eigenvalue weighted by molar-refractivity contribution is 5.95. The number of carbonyl (C=O) groups is 1. The molecular formula is C28H26N2O3. The summed E-state index contributed by atoms with van der Waals surface area (Å²) in [6.45, 7) is 4.85. The van der Waals surface area contributed by atoms with Crippen molar-refractivity contribution in [2.24, 2.45) is 5.10 Å². The number of benzene rings is 4. The first-order valence-corrected chi connectivity index (χ1v) is 10.9. The van der Waals surface area contributed by atoms with Crippen molar-refractivity contribution in [3.05, 3.63) is 107 Å². The Morgan fingerprint density at radius 3 is 2.52 bits per heavy atom. The van der Waals surface area contributed by atoms with Crippen LogP contribution in [0.3, 0.4) is 0 Å². The maximum atomic E-state index is 12.2. The lowest BCUT2D eigenvalue weighted by Gasteiger charge is -2.13. The van der Waals surface area contributed by atoms with Gasteiger partial charge in [-0.3, -0.25) is 4.79 Å². The Morgan fingerprint density at radius 1 is 0.909 bits per heavy atom. The van der Waals surface area contributed by atoms with Gasteiger partial charge >= 0.3 is 0 Å². The van der Waals surface area contributed by atoms with Crippen LogP contribution in [0.2, 0.25) is 0 Å². The summed E-state index contributed by atoms with van der Waals surface area (Å²) in [6.07, 6.45) is 1.59. The molecule has 0 radical (unpaired) electrons. The predicted octanol–water partition coefficient (Wildman–Crippen LogP) is 5.89. The fraction of sp³-hybridized carbons (Fsp3) is 0.143. The van der Waals surface area contributed by atoms with E-state index in [1.165, 1.54) is 10.8 Å². The summed E-state index contributed by atoms with van der Waals surface area (Å²) < 4.78 is 11.9. The van der Waals surface area contributed by atoms with Gasteiger partial charge in [0.1, 0.15) is 6.61 Å². The zero-order valence-electron chi connectivity index (χ0n) is 18.7. The molecule has 0 saturated carbocycles. The van der Waals surface area contributed by atoms with E-state index in [1.807, 2.05) is 62.4 Å². The minimum absolute atomic E-state index is 0.258. The number of hydrazone groups is 1.